The Morgan fingerprint density at radius 2 is 1.55 bits per heavy atom. The largest absolute Gasteiger partial charge is 0.398 e. The minimum absolute atomic E-state index is 0.0587. The Bertz CT molecular complexity index is 985. The summed E-state index contributed by atoms with van der Waals surface area (Å²) in [5.74, 6) is -6.20. The fourth-order valence-corrected chi connectivity index (χ4v) is 3.31. The van der Waals surface area contributed by atoms with E-state index < -0.39 is 66.0 Å². The summed E-state index contributed by atoms with van der Waals surface area (Å²) < 4.78 is 89.7. The number of methoxy groups -OCH3 is 2. The van der Waals surface area contributed by atoms with Crippen molar-refractivity contribution in [3.05, 3.63) is 59.4 Å². The number of anilines is 1. The van der Waals surface area contributed by atoms with E-state index >= 15 is 0 Å². The van der Waals surface area contributed by atoms with Gasteiger partial charge in [0.15, 0.2) is 0 Å². The molecule has 0 radical (unpaired) electrons. The lowest BCUT2D eigenvalue weighted by molar-refractivity contribution is -0.105. The first-order valence-corrected chi connectivity index (χ1v) is 10.0. The van der Waals surface area contributed by atoms with Crippen molar-refractivity contribution in [1.29, 1.82) is 0 Å². The molecule has 0 aromatic heterocycles. The zero-order chi connectivity index (χ0) is 24.8. The third-order valence-corrected chi connectivity index (χ3v) is 5.07. The number of thioether (sulfide) groups is 1. The number of carbonyl (C=O) groups is 2. The van der Waals surface area contributed by atoms with E-state index in [1.54, 1.807) is 0 Å². The van der Waals surface area contributed by atoms with Gasteiger partial charge in [0.2, 0.25) is 0 Å². The number of amides is 3. The molecule has 2 aromatic carbocycles. The van der Waals surface area contributed by atoms with E-state index in [0.717, 1.165) is 50.6 Å². The standard InChI is InChI=1S/C20H18F6N2O4S/c1-31-10-27(16-7-6-12(8-15(16)23)33-9-20(24,25)26)19(30)28(11-32-2)18(29)17-13(21)4-3-5-14(17)22/h3-8H,9-11H2,1-2H3. The van der Waals surface area contributed by atoms with Crippen LogP contribution in [0.15, 0.2) is 41.3 Å². The van der Waals surface area contributed by atoms with Crippen LogP contribution in [0.2, 0.25) is 0 Å². The lowest BCUT2D eigenvalue weighted by Gasteiger charge is -2.29. The first-order chi connectivity index (χ1) is 15.5. The average Bonchev–Trinajstić information content (AvgIpc) is 2.73. The second-order valence-corrected chi connectivity index (χ2v) is 7.44. The van der Waals surface area contributed by atoms with Crippen molar-refractivity contribution in [1.82, 2.24) is 4.90 Å². The smallest absolute Gasteiger partial charge is 0.364 e. The summed E-state index contributed by atoms with van der Waals surface area (Å²) in [7, 11) is 2.27. The normalized spacial score (nSPS) is 11.4. The summed E-state index contributed by atoms with van der Waals surface area (Å²) in [6.07, 6.45) is -4.47. The molecular weight excluding hydrogens is 478 g/mol. The molecular formula is C20H18F6N2O4S. The van der Waals surface area contributed by atoms with E-state index in [9.17, 15) is 35.9 Å². The highest BCUT2D eigenvalue weighted by Crippen LogP contribution is 2.31. The van der Waals surface area contributed by atoms with Gasteiger partial charge in [-0.05, 0) is 30.3 Å². The van der Waals surface area contributed by atoms with Gasteiger partial charge in [-0.25, -0.2) is 22.9 Å². The van der Waals surface area contributed by atoms with Gasteiger partial charge in [0.1, 0.15) is 36.5 Å². The highest BCUT2D eigenvalue weighted by atomic mass is 32.2. The predicted octanol–water partition coefficient (Wildman–Crippen LogP) is 5.03. The number of carbonyl (C=O) groups excluding carboxylic acids is 2. The second-order valence-electron chi connectivity index (χ2n) is 6.39. The van der Waals surface area contributed by atoms with Crippen LogP contribution in [0.5, 0.6) is 0 Å². The Balaban J connectivity index is 2.39. The Labute approximate surface area is 189 Å². The van der Waals surface area contributed by atoms with Gasteiger partial charge in [-0.3, -0.25) is 9.69 Å². The number of urea groups is 1. The number of nitrogens with zero attached hydrogens (tertiary/aromatic N) is 2. The fraction of sp³-hybridized carbons (Fsp3) is 0.300. The van der Waals surface area contributed by atoms with E-state index in [1.165, 1.54) is 0 Å². The molecule has 0 spiro atoms. The maximum absolute atomic E-state index is 14.7. The minimum atomic E-state index is -4.47. The number of halogens is 6. The Hall–Kier alpha value is -2.77. The number of benzene rings is 2. The number of hydrogen-bond acceptors (Lipinski definition) is 5. The number of rotatable bonds is 8. The van der Waals surface area contributed by atoms with Crippen molar-refractivity contribution >= 4 is 29.4 Å². The third kappa shape index (κ3) is 6.85. The van der Waals surface area contributed by atoms with E-state index in [-0.39, 0.29) is 4.90 Å². The molecule has 2 aromatic rings. The zero-order valence-electron chi connectivity index (χ0n) is 17.3. The van der Waals surface area contributed by atoms with Gasteiger partial charge in [-0.1, -0.05) is 6.07 Å². The monoisotopic (exact) mass is 496 g/mol. The molecule has 33 heavy (non-hydrogen) atoms. The zero-order valence-corrected chi connectivity index (χ0v) is 18.1. The molecule has 0 fully saturated rings. The number of hydrogen-bond donors (Lipinski definition) is 0. The molecule has 0 aliphatic heterocycles. The van der Waals surface area contributed by atoms with Crippen LogP contribution in [0.1, 0.15) is 10.4 Å². The summed E-state index contributed by atoms with van der Waals surface area (Å²) in [5.41, 5.74) is -1.47. The van der Waals surface area contributed by atoms with Gasteiger partial charge in [-0.15, -0.1) is 11.8 Å². The Morgan fingerprint density at radius 3 is 2.06 bits per heavy atom. The minimum Gasteiger partial charge on any atom is -0.364 e. The van der Waals surface area contributed by atoms with Crippen LogP contribution in [-0.4, -0.2) is 56.4 Å². The van der Waals surface area contributed by atoms with Gasteiger partial charge in [0.05, 0.1) is 11.4 Å². The molecule has 0 heterocycles. The molecule has 13 heteroatoms. The SMILES string of the molecule is COCN(C(=O)c1c(F)cccc1F)C(=O)N(COC)c1ccc(SCC(F)(F)F)cc1F. The first-order valence-electron chi connectivity index (χ1n) is 9.04. The maximum atomic E-state index is 14.7. The van der Waals surface area contributed by atoms with E-state index in [2.05, 4.69) is 0 Å². The van der Waals surface area contributed by atoms with Crippen LogP contribution in [0, 0.1) is 17.5 Å². The van der Waals surface area contributed by atoms with Crippen LogP contribution < -0.4 is 4.90 Å². The number of ether oxygens (including phenoxy) is 2. The van der Waals surface area contributed by atoms with Gasteiger partial charge in [-0.2, -0.15) is 13.2 Å². The van der Waals surface area contributed by atoms with E-state index in [4.69, 9.17) is 9.47 Å². The van der Waals surface area contributed by atoms with Crippen LogP contribution in [0.3, 0.4) is 0 Å². The lowest BCUT2D eigenvalue weighted by atomic mass is 10.1. The quantitative estimate of drug-likeness (QED) is 0.291. The molecule has 0 N–H and O–H groups in total. The molecule has 0 atom stereocenters. The Kier molecular flexibility index (Phi) is 9.14. The molecule has 0 saturated carbocycles. The second kappa shape index (κ2) is 11.4. The van der Waals surface area contributed by atoms with Gasteiger partial charge >= 0.3 is 12.2 Å². The molecule has 0 aliphatic rings. The number of imide groups is 1. The molecule has 0 bridgehead atoms. The van der Waals surface area contributed by atoms with Gasteiger partial charge in [0.25, 0.3) is 5.91 Å². The Morgan fingerprint density at radius 1 is 0.939 bits per heavy atom. The highest BCUT2D eigenvalue weighted by Gasteiger charge is 2.33. The molecule has 0 aliphatic carbocycles. The van der Waals surface area contributed by atoms with Crippen molar-refractivity contribution < 1.29 is 45.4 Å². The van der Waals surface area contributed by atoms with Gasteiger partial charge < -0.3 is 9.47 Å². The van der Waals surface area contributed by atoms with Crippen molar-refractivity contribution in [2.75, 3.05) is 38.3 Å². The summed E-state index contributed by atoms with van der Waals surface area (Å²) in [4.78, 5) is 26.7. The van der Waals surface area contributed by atoms with Crippen LogP contribution >= 0.6 is 11.8 Å². The molecule has 0 unspecified atom stereocenters. The first kappa shape index (κ1) is 26.5. The highest BCUT2D eigenvalue weighted by molar-refractivity contribution is 7.99. The molecule has 180 valence electrons. The molecule has 6 nitrogen and oxygen atoms in total. The summed E-state index contributed by atoms with van der Waals surface area (Å²) in [6.45, 7) is -1.34. The van der Waals surface area contributed by atoms with Crippen molar-refractivity contribution in [3.8, 4) is 0 Å². The maximum Gasteiger partial charge on any atom is 0.398 e. The van der Waals surface area contributed by atoms with Crippen LogP contribution in [0.25, 0.3) is 0 Å². The predicted molar refractivity (Wildman–Crippen MR) is 107 cm³/mol. The third-order valence-electron chi connectivity index (χ3n) is 4.01. The fourth-order valence-electron chi connectivity index (χ4n) is 2.63. The molecule has 2 rings (SSSR count). The lowest BCUT2D eigenvalue weighted by Crippen LogP contribution is -2.48. The summed E-state index contributed by atoms with van der Waals surface area (Å²) in [5, 5.41) is 0. The number of alkyl halides is 3. The van der Waals surface area contributed by atoms with Crippen molar-refractivity contribution in [2.45, 2.75) is 11.1 Å². The average molecular weight is 496 g/mol. The van der Waals surface area contributed by atoms with E-state index in [0.29, 0.717) is 21.6 Å². The molecule has 0 saturated heterocycles. The summed E-state index contributed by atoms with van der Waals surface area (Å²) in [6, 6.07) is 4.34. The summed E-state index contributed by atoms with van der Waals surface area (Å²) >= 11 is 0.336. The van der Waals surface area contributed by atoms with Crippen LogP contribution in [0.4, 0.5) is 36.8 Å². The van der Waals surface area contributed by atoms with E-state index in [1.807, 2.05) is 0 Å². The van der Waals surface area contributed by atoms with Gasteiger partial charge in [0, 0.05) is 19.1 Å². The molecule has 3 amide bonds. The van der Waals surface area contributed by atoms with Crippen molar-refractivity contribution in [3.63, 3.8) is 0 Å². The topological polar surface area (TPSA) is 59.1 Å². The van der Waals surface area contributed by atoms with Crippen LogP contribution in [-0.2, 0) is 9.47 Å². The van der Waals surface area contributed by atoms with Crippen molar-refractivity contribution in [2.24, 2.45) is 0 Å².